The molecule has 0 spiro atoms. The molecule has 0 bridgehead atoms. The lowest BCUT2D eigenvalue weighted by atomic mass is 9.88. The molecular formula is C27H22Cl2N2O4. The zero-order valence-corrected chi connectivity index (χ0v) is 20.5. The van der Waals surface area contributed by atoms with Crippen molar-refractivity contribution >= 4 is 57.3 Å². The van der Waals surface area contributed by atoms with Crippen molar-refractivity contribution in [3.05, 3.63) is 87.6 Å². The van der Waals surface area contributed by atoms with Crippen molar-refractivity contribution in [3.8, 4) is 11.1 Å². The van der Waals surface area contributed by atoms with Crippen LogP contribution in [0.2, 0.25) is 10.0 Å². The quantitative estimate of drug-likeness (QED) is 0.234. The maximum atomic E-state index is 13.0. The predicted octanol–water partition coefficient (Wildman–Crippen LogP) is 6.01. The molecule has 2 atom stereocenters. The number of halogens is 2. The van der Waals surface area contributed by atoms with Gasteiger partial charge in [-0.25, -0.2) is 0 Å². The first-order valence-electron chi connectivity index (χ1n) is 10.8. The van der Waals surface area contributed by atoms with Crippen LogP contribution in [0.1, 0.15) is 41.4 Å². The van der Waals surface area contributed by atoms with E-state index in [-0.39, 0.29) is 27.8 Å². The van der Waals surface area contributed by atoms with E-state index in [9.17, 15) is 14.4 Å². The third-order valence-corrected chi connectivity index (χ3v) is 6.66. The number of primary amides is 1. The summed E-state index contributed by atoms with van der Waals surface area (Å²) in [5.74, 6) is -2.72. The minimum atomic E-state index is -0.874. The number of hydrogen-bond donors (Lipinski definition) is 2. The number of rotatable bonds is 7. The summed E-state index contributed by atoms with van der Waals surface area (Å²) in [4.78, 5) is 37.1. The standard InChI is InChI=1S/C27H22Cl2N2O4/c1-13(24(32)14(2)27(31)34)15-4-3-5-16(10-15)17-6-8-20-22(11-17)35-26(23(20)30)25(33)19-9-7-18(28)12-21(19)29/h3-14H,30H2,1-2H3,(H2,31,34). The Balaban J connectivity index is 1.69. The average molecular weight is 509 g/mol. The normalized spacial score (nSPS) is 12.9. The topological polar surface area (TPSA) is 116 Å². The van der Waals surface area contributed by atoms with Crippen LogP contribution in [0, 0.1) is 5.92 Å². The van der Waals surface area contributed by atoms with Gasteiger partial charge in [-0.05, 0) is 53.9 Å². The maximum Gasteiger partial charge on any atom is 0.231 e. The van der Waals surface area contributed by atoms with Crippen LogP contribution in [-0.2, 0) is 9.59 Å². The molecular weight excluding hydrogens is 487 g/mol. The second kappa shape index (κ2) is 9.56. The Bertz CT molecular complexity index is 1490. The summed E-state index contributed by atoms with van der Waals surface area (Å²) in [5, 5.41) is 1.21. The Hall–Kier alpha value is -3.61. The summed E-state index contributed by atoms with van der Waals surface area (Å²) >= 11 is 12.1. The Labute approximate surface area is 211 Å². The van der Waals surface area contributed by atoms with Gasteiger partial charge in [0, 0.05) is 21.9 Å². The number of carbonyl (C=O) groups is 3. The van der Waals surface area contributed by atoms with E-state index in [1.54, 1.807) is 25.1 Å². The van der Waals surface area contributed by atoms with Gasteiger partial charge in [0.2, 0.25) is 11.7 Å². The van der Waals surface area contributed by atoms with Crippen molar-refractivity contribution in [2.24, 2.45) is 11.7 Å². The molecule has 0 aliphatic heterocycles. The van der Waals surface area contributed by atoms with Gasteiger partial charge in [-0.3, -0.25) is 14.4 Å². The van der Waals surface area contributed by atoms with Gasteiger partial charge in [0.05, 0.1) is 16.6 Å². The van der Waals surface area contributed by atoms with E-state index in [1.165, 1.54) is 19.1 Å². The van der Waals surface area contributed by atoms with E-state index in [0.717, 1.165) is 16.7 Å². The van der Waals surface area contributed by atoms with Gasteiger partial charge < -0.3 is 15.9 Å². The van der Waals surface area contributed by atoms with Crippen molar-refractivity contribution in [1.29, 1.82) is 0 Å². The first-order valence-corrected chi connectivity index (χ1v) is 11.6. The number of nitrogens with two attached hydrogens (primary N) is 2. The van der Waals surface area contributed by atoms with E-state index in [1.807, 2.05) is 30.3 Å². The minimum Gasteiger partial charge on any atom is -0.450 e. The van der Waals surface area contributed by atoms with Gasteiger partial charge in [0.1, 0.15) is 5.58 Å². The van der Waals surface area contributed by atoms with Gasteiger partial charge in [-0.2, -0.15) is 0 Å². The average Bonchev–Trinajstić information content (AvgIpc) is 3.18. The predicted molar refractivity (Wildman–Crippen MR) is 138 cm³/mol. The lowest BCUT2D eigenvalue weighted by Crippen LogP contribution is -2.30. The molecule has 4 N–H and O–H groups in total. The van der Waals surface area contributed by atoms with Crippen molar-refractivity contribution in [3.63, 3.8) is 0 Å². The highest BCUT2D eigenvalue weighted by Crippen LogP contribution is 2.35. The van der Waals surface area contributed by atoms with Crippen molar-refractivity contribution in [1.82, 2.24) is 0 Å². The first kappa shape index (κ1) is 24.5. The lowest BCUT2D eigenvalue weighted by molar-refractivity contribution is -0.132. The highest BCUT2D eigenvalue weighted by Gasteiger charge is 2.26. The summed E-state index contributed by atoms with van der Waals surface area (Å²) in [5.41, 5.74) is 14.8. The third kappa shape index (κ3) is 4.67. The first-order chi connectivity index (χ1) is 16.6. The molecule has 0 aliphatic carbocycles. The number of nitrogen functional groups attached to an aromatic ring is 1. The molecule has 178 valence electrons. The lowest BCUT2D eigenvalue weighted by Gasteiger charge is -2.15. The van der Waals surface area contributed by atoms with Crippen LogP contribution in [-0.4, -0.2) is 17.5 Å². The summed E-state index contributed by atoms with van der Waals surface area (Å²) in [6.07, 6.45) is 0. The summed E-state index contributed by atoms with van der Waals surface area (Å²) in [7, 11) is 0. The molecule has 0 radical (unpaired) electrons. The van der Waals surface area contributed by atoms with Crippen molar-refractivity contribution in [2.45, 2.75) is 19.8 Å². The number of hydrogen-bond acceptors (Lipinski definition) is 5. The van der Waals surface area contributed by atoms with Gasteiger partial charge in [0.25, 0.3) is 0 Å². The van der Waals surface area contributed by atoms with Gasteiger partial charge in [0.15, 0.2) is 11.5 Å². The molecule has 1 heterocycles. The van der Waals surface area contributed by atoms with Gasteiger partial charge in [-0.15, -0.1) is 0 Å². The Kier molecular flexibility index (Phi) is 6.70. The number of Topliss-reactive ketones (excluding diaryl/α,β-unsaturated/α-hetero) is 1. The van der Waals surface area contributed by atoms with Crippen LogP contribution in [0.25, 0.3) is 22.1 Å². The number of ketones is 2. The number of amides is 1. The molecule has 4 rings (SSSR count). The number of carbonyl (C=O) groups excluding carboxylic acids is 3. The van der Waals surface area contributed by atoms with Crippen LogP contribution in [0.15, 0.2) is 65.1 Å². The SMILES string of the molecule is CC(C(N)=O)C(=O)C(C)c1cccc(-c2ccc3c(N)c(C(=O)c4ccc(Cl)cc4Cl)oc3c2)c1. The van der Waals surface area contributed by atoms with Crippen LogP contribution in [0.3, 0.4) is 0 Å². The smallest absolute Gasteiger partial charge is 0.231 e. The fraction of sp³-hybridized carbons (Fsp3) is 0.148. The van der Waals surface area contributed by atoms with E-state index in [0.29, 0.717) is 16.0 Å². The second-order valence-electron chi connectivity index (χ2n) is 8.38. The molecule has 0 saturated carbocycles. The Morgan fingerprint density at radius 2 is 1.63 bits per heavy atom. The third-order valence-electron chi connectivity index (χ3n) is 6.11. The highest BCUT2D eigenvalue weighted by atomic mass is 35.5. The monoisotopic (exact) mass is 508 g/mol. The summed E-state index contributed by atoms with van der Waals surface area (Å²) < 4.78 is 5.86. The number of furan rings is 1. The molecule has 8 heteroatoms. The summed E-state index contributed by atoms with van der Waals surface area (Å²) in [6.45, 7) is 3.26. The number of anilines is 1. The molecule has 0 saturated heterocycles. The molecule has 0 fully saturated rings. The van der Waals surface area contributed by atoms with E-state index in [4.69, 9.17) is 39.1 Å². The molecule has 2 unspecified atom stereocenters. The number of fused-ring (bicyclic) bond motifs is 1. The molecule has 35 heavy (non-hydrogen) atoms. The molecule has 6 nitrogen and oxygen atoms in total. The largest absolute Gasteiger partial charge is 0.450 e. The van der Waals surface area contributed by atoms with E-state index >= 15 is 0 Å². The fourth-order valence-corrected chi connectivity index (χ4v) is 4.42. The number of benzene rings is 3. The zero-order chi connectivity index (χ0) is 25.4. The highest BCUT2D eigenvalue weighted by molar-refractivity contribution is 6.37. The van der Waals surface area contributed by atoms with Crippen molar-refractivity contribution < 1.29 is 18.8 Å². The molecule has 4 aromatic rings. The van der Waals surface area contributed by atoms with Crippen LogP contribution < -0.4 is 11.5 Å². The van der Waals surface area contributed by atoms with E-state index < -0.39 is 23.5 Å². The molecule has 0 aliphatic rings. The molecule has 1 amide bonds. The van der Waals surface area contributed by atoms with Gasteiger partial charge >= 0.3 is 0 Å². The summed E-state index contributed by atoms with van der Waals surface area (Å²) in [6, 6.07) is 17.4. The molecule has 1 aromatic heterocycles. The van der Waals surface area contributed by atoms with Crippen molar-refractivity contribution in [2.75, 3.05) is 5.73 Å². The Morgan fingerprint density at radius 3 is 2.31 bits per heavy atom. The second-order valence-corrected chi connectivity index (χ2v) is 9.23. The Morgan fingerprint density at radius 1 is 0.914 bits per heavy atom. The molecule has 3 aromatic carbocycles. The zero-order valence-electron chi connectivity index (χ0n) is 19.0. The maximum absolute atomic E-state index is 13.0. The van der Waals surface area contributed by atoms with Crippen LogP contribution >= 0.6 is 23.2 Å². The van der Waals surface area contributed by atoms with Gasteiger partial charge in [-0.1, -0.05) is 60.5 Å². The van der Waals surface area contributed by atoms with E-state index in [2.05, 4.69) is 0 Å². The fourth-order valence-electron chi connectivity index (χ4n) is 3.93. The minimum absolute atomic E-state index is 0.00483. The van der Waals surface area contributed by atoms with Crippen LogP contribution in [0.5, 0.6) is 0 Å². The van der Waals surface area contributed by atoms with Crippen LogP contribution in [0.4, 0.5) is 5.69 Å².